The number of hydrogen-bond acceptors (Lipinski definition) is 2. The molecule has 1 aromatic heterocycles. The lowest BCUT2D eigenvalue weighted by atomic mass is 10.1. The molecule has 0 amide bonds. The third-order valence-corrected chi connectivity index (χ3v) is 4.28. The maximum atomic E-state index is 4.15. The van der Waals surface area contributed by atoms with E-state index in [2.05, 4.69) is 48.2 Å². The molecular formula is C9H10Br2N2. The van der Waals surface area contributed by atoms with Crippen LogP contribution in [0, 0.1) is 0 Å². The fraction of sp³-hybridized carbons (Fsp3) is 0.444. The van der Waals surface area contributed by atoms with E-state index in [1.54, 1.807) is 0 Å². The van der Waals surface area contributed by atoms with Crippen LogP contribution in [0.15, 0.2) is 21.3 Å². The van der Waals surface area contributed by atoms with Crippen LogP contribution in [0.4, 0.5) is 0 Å². The Morgan fingerprint density at radius 2 is 2.31 bits per heavy atom. The lowest BCUT2D eigenvalue weighted by Crippen LogP contribution is -2.13. The van der Waals surface area contributed by atoms with Crippen LogP contribution in [-0.4, -0.2) is 11.5 Å². The molecule has 2 rings (SSSR count). The molecule has 4 heteroatoms. The summed E-state index contributed by atoms with van der Waals surface area (Å²) in [5, 5.41) is 3.46. The lowest BCUT2D eigenvalue weighted by Gasteiger charge is -2.12. The van der Waals surface area contributed by atoms with E-state index in [0.29, 0.717) is 6.04 Å². The van der Waals surface area contributed by atoms with Crippen LogP contribution in [-0.2, 0) is 0 Å². The molecule has 1 aliphatic heterocycles. The predicted molar refractivity (Wildman–Crippen MR) is 59.6 cm³/mol. The minimum atomic E-state index is 0.494. The van der Waals surface area contributed by atoms with Crippen molar-refractivity contribution in [3.63, 3.8) is 0 Å². The summed E-state index contributed by atoms with van der Waals surface area (Å²) in [6.07, 6.45) is 4.32. The normalized spacial score (nSPS) is 22.2. The first kappa shape index (κ1) is 9.62. The van der Waals surface area contributed by atoms with Gasteiger partial charge >= 0.3 is 0 Å². The Morgan fingerprint density at radius 1 is 1.46 bits per heavy atom. The second-order valence-corrected chi connectivity index (χ2v) is 4.70. The molecule has 0 spiro atoms. The number of nitrogens with one attached hydrogen (secondary N) is 1. The highest BCUT2D eigenvalue weighted by Crippen LogP contribution is 2.32. The average Bonchev–Trinajstić information content (AvgIpc) is 2.62. The van der Waals surface area contributed by atoms with Gasteiger partial charge in [-0.05, 0) is 62.9 Å². The first-order chi connectivity index (χ1) is 6.29. The van der Waals surface area contributed by atoms with Crippen LogP contribution in [0.25, 0.3) is 0 Å². The van der Waals surface area contributed by atoms with Gasteiger partial charge in [-0.15, -0.1) is 0 Å². The Bertz CT molecular complexity index is 308. The summed E-state index contributed by atoms with van der Waals surface area (Å²) < 4.78 is 1.97. The van der Waals surface area contributed by atoms with Crippen molar-refractivity contribution in [3.8, 4) is 0 Å². The molecule has 1 N–H and O–H groups in total. The maximum absolute atomic E-state index is 4.15. The summed E-state index contributed by atoms with van der Waals surface area (Å²) in [4.78, 5) is 4.15. The molecule has 2 nitrogen and oxygen atoms in total. The first-order valence-electron chi connectivity index (χ1n) is 4.32. The van der Waals surface area contributed by atoms with Crippen molar-refractivity contribution in [3.05, 3.63) is 26.9 Å². The fourth-order valence-electron chi connectivity index (χ4n) is 1.65. The highest BCUT2D eigenvalue weighted by atomic mass is 79.9. The van der Waals surface area contributed by atoms with Crippen molar-refractivity contribution >= 4 is 31.9 Å². The van der Waals surface area contributed by atoms with Crippen LogP contribution in [0.2, 0.25) is 0 Å². The second-order valence-electron chi connectivity index (χ2n) is 3.15. The quantitative estimate of drug-likeness (QED) is 0.807. The molecule has 0 radical (unpaired) electrons. The molecule has 1 saturated heterocycles. The van der Waals surface area contributed by atoms with Gasteiger partial charge in [-0.2, -0.15) is 0 Å². The molecule has 0 aliphatic carbocycles. The van der Waals surface area contributed by atoms with Crippen LogP contribution < -0.4 is 5.32 Å². The summed E-state index contributed by atoms with van der Waals surface area (Å²) in [5.41, 5.74) is 1.30. The van der Waals surface area contributed by atoms with Crippen LogP contribution in [0.5, 0.6) is 0 Å². The van der Waals surface area contributed by atoms with Crippen LogP contribution in [0.1, 0.15) is 24.4 Å². The van der Waals surface area contributed by atoms with E-state index >= 15 is 0 Å². The van der Waals surface area contributed by atoms with Crippen molar-refractivity contribution in [2.75, 3.05) is 6.54 Å². The minimum absolute atomic E-state index is 0.494. The zero-order chi connectivity index (χ0) is 9.26. The van der Waals surface area contributed by atoms with Gasteiger partial charge in [0.2, 0.25) is 0 Å². The maximum Gasteiger partial charge on any atom is 0.120 e. The molecule has 1 atom stereocenters. The number of nitrogens with zero attached hydrogens (tertiary/aromatic N) is 1. The summed E-state index contributed by atoms with van der Waals surface area (Å²) in [7, 11) is 0. The summed E-state index contributed by atoms with van der Waals surface area (Å²) in [6, 6.07) is 2.56. The molecule has 0 unspecified atom stereocenters. The Hall–Kier alpha value is 0.0700. The number of halogens is 2. The number of hydrogen-bond donors (Lipinski definition) is 1. The topological polar surface area (TPSA) is 24.9 Å². The molecule has 1 aromatic rings. The van der Waals surface area contributed by atoms with Gasteiger partial charge in [0, 0.05) is 12.2 Å². The lowest BCUT2D eigenvalue weighted by molar-refractivity contribution is 0.643. The fourth-order valence-corrected chi connectivity index (χ4v) is 2.51. The van der Waals surface area contributed by atoms with E-state index in [-0.39, 0.29) is 0 Å². The van der Waals surface area contributed by atoms with E-state index in [1.807, 2.05) is 6.20 Å². The minimum Gasteiger partial charge on any atom is -0.310 e. The van der Waals surface area contributed by atoms with Crippen molar-refractivity contribution in [2.24, 2.45) is 0 Å². The Labute approximate surface area is 94.4 Å². The monoisotopic (exact) mass is 304 g/mol. The van der Waals surface area contributed by atoms with Gasteiger partial charge in [0.25, 0.3) is 0 Å². The molecule has 2 heterocycles. The Kier molecular flexibility index (Phi) is 3.01. The van der Waals surface area contributed by atoms with Crippen molar-refractivity contribution in [2.45, 2.75) is 18.9 Å². The number of rotatable bonds is 1. The highest BCUT2D eigenvalue weighted by molar-refractivity contribution is 9.13. The predicted octanol–water partition coefficient (Wildman–Crippen LogP) is 3.03. The van der Waals surface area contributed by atoms with Gasteiger partial charge in [0.15, 0.2) is 0 Å². The van der Waals surface area contributed by atoms with E-state index in [1.165, 1.54) is 18.4 Å². The molecule has 13 heavy (non-hydrogen) atoms. The number of pyridine rings is 1. The largest absolute Gasteiger partial charge is 0.310 e. The first-order valence-corrected chi connectivity index (χ1v) is 5.91. The van der Waals surface area contributed by atoms with Crippen molar-refractivity contribution in [1.29, 1.82) is 0 Å². The zero-order valence-electron chi connectivity index (χ0n) is 7.06. The summed E-state index contributed by atoms with van der Waals surface area (Å²) in [6.45, 7) is 1.12. The van der Waals surface area contributed by atoms with Crippen LogP contribution in [0.3, 0.4) is 0 Å². The molecule has 1 aliphatic rings. The SMILES string of the molecule is Brc1nccc([C@H]2CCCN2)c1Br. The highest BCUT2D eigenvalue weighted by Gasteiger charge is 2.19. The van der Waals surface area contributed by atoms with Gasteiger partial charge in [0.1, 0.15) is 4.60 Å². The third-order valence-electron chi connectivity index (χ3n) is 2.31. The molecular weight excluding hydrogens is 296 g/mol. The smallest absolute Gasteiger partial charge is 0.120 e. The Morgan fingerprint density at radius 3 is 3.00 bits per heavy atom. The van der Waals surface area contributed by atoms with Gasteiger partial charge in [0.05, 0.1) is 4.47 Å². The van der Waals surface area contributed by atoms with Crippen LogP contribution >= 0.6 is 31.9 Å². The number of aromatic nitrogens is 1. The van der Waals surface area contributed by atoms with E-state index in [9.17, 15) is 0 Å². The molecule has 0 aromatic carbocycles. The van der Waals surface area contributed by atoms with E-state index < -0.39 is 0 Å². The summed E-state index contributed by atoms with van der Waals surface area (Å²) in [5.74, 6) is 0. The van der Waals surface area contributed by atoms with Gasteiger partial charge in [-0.25, -0.2) is 4.98 Å². The molecule has 1 fully saturated rings. The third kappa shape index (κ3) is 1.95. The van der Waals surface area contributed by atoms with Crippen molar-refractivity contribution < 1.29 is 0 Å². The van der Waals surface area contributed by atoms with E-state index in [0.717, 1.165) is 15.6 Å². The standard InChI is InChI=1S/C9H10Br2N2/c10-8-6(3-5-13-9(8)11)7-2-1-4-12-7/h3,5,7,12H,1-2,4H2/t7-/m1/s1. The molecule has 70 valence electrons. The van der Waals surface area contributed by atoms with Gasteiger partial charge in [-0.1, -0.05) is 0 Å². The zero-order valence-corrected chi connectivity index (χ0v) is 10.2. The van der Waals surface area contributed by atoms with Crippen molar-refractivity contribution in [1.82, 2.24) is 10.3 Å². The van der Waals surface area contributed by atoms with Gasteiger partial charge in [-0.3, -0.25) is 0 Å². The molecule has 0 bridgehead atoms. The Balaban J connectivity index is 2.33. The second kappa shape index (κ2) is 4.07. The average molecular weight is 306 g/mol. The van der Waals surface area contributed by atoms with E-state index in [4.69, 9.17) is 0 Å². The summed E-state index contributed by atoms with van der Waals surface area (Å²) >= 11 is 6.95. The molecule has 0 saturated carbocycles. The van der Waals surface area contributed by atoms with Gasteiger partial charge < -0.3 is 5.32 Å².